The summed E-state index contributed by atoms with van der Waals surface area (Å²) in [5.74, 6) is -0.576. The number of carbonyl (C=O) groups is 1. The third-order valence-electron chi connectivity index (χ3n) is 3.57. The Labute approximate surface area is 139 Å². The predicted octanol–water partition coefficient (Wildman–Crippen LogP) is 3.00. The lowest BCUT2D eigenvalue weighted by molar-refractivity contribution is 0.0474. The molecule has 0 amide bonds. The zero-order valence-electron chi connectivity index (χ0n) is 13.0. The Kier molecular flexibility index (Phi) is 4.31. The lowest BCUT2D eigenvalue weighted by Crippen LogP contribution is -2.07. The molecule has 0 N–H and O–H groups in total. The van der Waals surface area contributed by atoms with E-state index in [-0.39, 0.29) is 17.1 Å². The summed E-state index contributed by atoms with van der Waals surface area (Å²) in [6.07, 6.45) is 2.78. The van der Waals surface area contributed by atoms with Gasteiger partial charge in [0.25, 0.3) is 0 Å². The van der Waals surface area contributed by atoms with Crippen molar-refractivity contribution in [3.05, 3.63) is 71.9 Å². The van der Waals surface area contributed by atoms with Crippen molar-refractivity contribution in [2.45, 2.75) is 11.5 Å². The quantitative estimate of drug-likeness (QED) is 0.682. The van der Waals surface area contributed by atoms with Crippen LogP contribution in [0.15, 0.2) is 65.7 Å². The molecule has 2 aromatic carbocycles. The SMILES string of the molecule is CS(=O)(=O)c1cccc(C(=O)OCc2cccc3cccnc23)c1. The van der Waals surface area contributed by atoms with Crippen LogP contribution in [0.5, 0.6) is 0 Å². The lowest BCUT2D eigenvalue weighted by atomic mass is 10.1. The number of para-hydroxylation sites is 1. The zero-order chi connectivity index (χ0) is 17.2. The second-order valence-electron chi connectivity index (χ2n) is 5.37. The molecule has 0 saturated carbocycles. The molecule has 0 fully saturated rings. The largest absolute Gasteiger partial charge is 0.457 e. The van der Waals surface area contributed by atoms with Crippen molar-refractivity contribution in [2.24, 2.45) is 0 Å². The maximum Gasteiger partial charge on any atom is 0.338 e. The number of ether oxygens (including phenoxy) is 1. The van der Waals surface area contributed by atoms with Crippen LogP contribution in [0.3, 0.4) is 0 Å². The number of hydrogen-bond acceptors (Lipinski definition) is 5. The molecule has 5 nitrogen and oxygen atoms in total. The van der Waals surface area contributed by atoms with Crippen molar-refractivity contribution >= 4 is 26.7 Å². The second-order valence-corrected chi connectivity index (χ2v) is 7.38. The number of carbonyl (C=O) groups excluding carboxylic acids is 1. The number of aromatic nitrogens is 1. The van der Waals surface area contributed by atoms with E-state index in [4.69, 9.17) is 4.74 Å². The summed E-state index contributed by atoms with van der Waals surface area (Å²) < 4.78 is 28.5. The van der Waals surface area contributed by atoms with Crippen molar-refractivity contribution in [3.8, 4) is 0 Å². The average molecular weight is 341 g/mol. The molecule has 0 saturated heterocycles. The van der Waals surface area contributed by atoms with E-state index in [9.17, 15) is 13.2 Å². The van der Waals surface area contributed by atoms with Crippen molar-refractivity contribution in [1.82, 2.24) is 4.98 Å². The van der Waals surface area contributed by atoms with Gasteiger partial charge in [-0.15, -0.1) is 0 Å². The van der Waals surface area contributed by atoms with E-state index in [1.807, 2.05) is 30.3 Å². The minimum atomic E-state index is -3.37. The molecular formula is C18H15NO4S. The van der Waals surface area contributed by atoms with Gasteiger partial charge in [0, 0.05) is 23.4 Å². The first-order valence-corrected chi connectivity index (χ1v) is 9.14. The van der Waals surface area contributed by atoms with Gasteiger partial charge < -0.3 is 4.74 Å². The van der Waals surface area contributed by atoms with Gasteiger partial charge in [0.15, 0.2) is 9.84 Å². The molecule has 0 bridgehead atoms. The van der Waals surface area contributed by atoms with Crippen LogP contribution in [0.2, 0.25) is 0 Å². The molecule has 3 aromatic rings. The van der Waals surface area contributed by atoms with Crippen LogP contribution in [-0.2, 0) is 21.2 Å². The van der Waals surface area contributed by atoms with Gasteiger partial charge in [0.2, 0.25) is 0 Å². The first-order chi connectivity index (χ1) is 11.4. The molecule has 0 aliphatic carbocycles. The summed E-state index contributed by atoms with van der Waals surface area (Å²) in [7, 11) is -3.37. The monoisotopic (exact) mass is 341 g/mol. The number of pyridine rings is 1. The predicted molar refractivity (Wildman–Crippen MR) is 90.4 cm³/mol. The highest BCUT2D eigenvalue weighted by Crippen LogP contribution is 2.18. The van der Waals surface area contributed by atoms with E-state index < -0.39 is 15.8 Å². The molecule has 1 heterocycles. The highest BCUT2D eigenvalue weighted by atomic mass is 32.2. The average Bonchev–Trinajstić information content (AvgIpc) is 2.59. The summed E-state index contributed by atoms with van der Waals surface area (Å²) >= 11 is 0. The van der Waals surface area contributed by atoms with E-state index >= 15 is 0 Å². The third-order valence-corrected chi connectivity index (χ3v) is 4.68. The molecule has 1 aromatic heterocycles. The van der Waals surface area contributed by atoms with Gasteiger partial charge in [-0.25, -0.2) is 13.2 Å². The maximum absolute atomic E-state index is 12.2. The molecule has 0 atom stereocenters. The van der Waals surface area contributed by atoms with Gasteiger partial charge in [-0.3, -0.25) is 4.98 Å². The zero-order valence-corrected chi connectivity index (χ0v) is 13.8. The second kappa shape index (κ2) is 6.41. The summed E-state index contributed by atoms with van der Waals surface area (Å²) in [4.78, 5) is 16.6. The smallest absolute Gasteiger partial charge is 0.338 e. The van der Waals surface area contributed by atoms with E-state index in [1.165, 1.54) is 24.3 Å². The minimum Gasteiger partial charge on any atom is -0.457 e. The molecule has 6 heteroatoms. The normalized spacial score (nSPS) is 11.4. The van der Waals surface area contributed by atoms with Crippen molar-refractivity contribution in [3.63, 3.8) is 0 Å². The molecule has 24 heavy (non-hydrogen) atoms. The van der Waals surface area contributed by atoms with Crippen molar-refractivity contribution in [1.29, 1.82) is 0 Å². The highest BCUT2D eigenvalue weighted by Gasteiger charge is 2.13. The molecule has 0 radical (unpaired) electrons. The highest BCUT2D eigenvalue weighted by molar-refractivity contribution is 7.90. The number of hydrogen-bond donors (Lipinski definition) is 0. The fraction of sp³-hybridized carbons (Fsp3) is 0.111. The van der Waals surface area contributed by atoms with Gasteiger partial charge in [-0.05, 0) is 24.3 Å². The summed E-state index contributed by atoms with van der Waals surface area (Å²) in [5.41, 5.74) is 1.77. The molecular weight excluding hydrogens is 326 g/mol. The van der Waals surface area contributed by atoms with Crippen molar-refractivity contribution < 1.29 is 17.9 Å². The number of benzene rings is 2. The van der Waals surface area contributed by atoms with Crippen LogP contribution in [0.1, 0.15) is 15.9 Å². The number of nitrogens with zero attached hydrogens (tertiary/aromatic N) is 1. The molecule has 0 aliphatic rings. The number of rotatable bonds is 4. The molecule has 0 unspecified atom stereocenters. The summed E-state index contributed by atoms with van der Waals surface area (Å²) in [6, 6.07) is 15.2. The minimum absolute atomic E-state index is 0.0658. The van der Waals surface area contributed by atoms with Crippen LogP contribution in [-0.4, -0.2) is 25.6 Å². The molecule has 0 spiro atoms. The lowest BCUT2D eigenvalue weighted by Gasteiger charge is -2.08. The first kappa shape index (κ1) is 16.1. The molecule has 0 aliphatic heterocycles. The summed E-state index contributed by atoms with van der Waals surface area (Å²) in [5, 5.41) is 0.963. The molecule has 122 valence electrons. The van der Waals surface area contributed by atoms with Gasteiger partial charge in [0.1, 0.15) is 6.61 Å². The Bertz CT molecular complexity index is 1010. The Morgan fingerprint density at radius 2 is 1.83 bits per heavy atom. The van der Waals surface area contributed by atoms with E-state index in [0.717, 1.165) is 22.7 Å². The fourth-order valence-corrected chi connectivity index (χ4v) is 3.03. The van der Waals surface area contributed by atoms with Gasteiger partial charge >= 0.3 is 5.97 Å². The van der Waals surface area contributed by atoms with E-state index in [1.54, 1.807) is 6.20 Å². The van der Waals surface area contributed by atoms with Crippen LogP contribution in [0, 0.1) is 0 Å². The third kappa shape index (κ3) is 3.44. The van der Waals surface area contributed by atoms with Gasteiger partial charge in [0.05, 0.1) is 16.0 Å². The number of esters is 1. The summed E-state index contributed by atoms with van der Waals surface area (Å²) in [6.45, 7) is 0.0658. The first-order valence-electron chi connectivity index (χ1n) is 7.25. The number of sulfone groups is 1. The Balaban J connectivity index is 1.81. The van der Waals surface area contributed by atoms with Gasteiger partial charge in [-0.1, -0.05) is 30.3 Å². The van der Waals surface area contributed by atoms with Crippen molar-refractivity contribution in [2.75, 3.05) is 6.26 Å². The maximum atomic E-state index is 12.2. The van der Waals surface area contributed by atoms with Crippen LogP contribution in [0.4, 0.5) is 0 Å². The van der Waals surface area contributed by atoms with Crippen LogP contribution >= 0.6 is 0 Å². The van der Waals surface area contributed by atoms with E-state index in [2.05, 4.69) is 4.98 Å². The standard InChI is InChI=1S/C18H15NO4S/c1-24(21,22)16-9-3-6-14(11-16)18(20)23-12-15-7-2-5-13-8-4-10-19-17(13)15/h2-11H,12H2,1H3. The Morgan fingerprint density at radius 3 is 2.62 bits per heavy atom. The Hall–Kier alpha value is -2.73. The molecule has 3 rings (SSSR count). The van der Waals surface area contributed by atoms with E-state index in [0.29, 0.717) is 0 Å². The van der Waals surface area contributed by atoms with Crippen LogP contribution < -0.4 is 0 Å². The Morgan fingerprint density at radius 1 is 1.08 bits per heavy atom. The fourth-order valence-electron chi connectivity index (χ4n) is 2.36. The van der Waals surface area contributed by atoms with Gasteiger partial charge in [-0.2, -0.15) is 0 Å². The number of fused-ring (bicyclic) bond motifs is 1. The topological polar surface area (TPSA) is 73.3 Å². The van der Waals surface area contributed by atoms with Crippen LogP contribution in [0.25, 0.3) is 10.9 Å².